The molecular weight excluding hydrogens is 336 g/mol. The van der Waals surface area contributed by atoms with Crippen LogP contribution >= 0.6 is 0 Å². The molecule has 2 amide bonds. The Labute approximate surface area is 143 Å². The van der Waals surface area contributed by atoms with Gasteiger partial charge in [-0.25, -0.2) is 0 Å². The highest BCUT2D eigenvalue weighted by molar-refractivity contribution is 5.93. The zero-order valence-corrected chi connectivity index (χ0v) is 13.9. The summed E-state index contributed by atoms with van der Waals surface area (Å²) in [6, 6.07) is 3.73. The molecule has 1 aromatic rings. The largest absolute Gasteiger partial charge is 0.586 e. The van der Waals surface area contributed by atoms with Crippen molar-refractivity contribution in [3.8, 4) is 11.5 Å². The van der Waals surface area contributed by atoms with Crippen LogP contribution in [0.3, 0.4) is 0 Å². The number of anilines is 1. The van der Waals surface area contributed by atoms with Crippen molar-refractivity contribution >= 4 is 17.5 Å². The molecule has 25 heavy (non-hydrogen) atoms. The Balaban J connectivity index is 1.61. The van der Waals surface area contributed by atoms with E-state index in [1.807, 2.05) is 4.90 Å². The van der Waals surface area contributed by atoms with E-state index >= 15 is 0 Å². The smallest absolute Gasteiger partial charge is 0.395 e. The first kappa shape index (κ1) is 17.4. The van der Waals surface area contributed by atoms with Crippen molar-refractivity contribution in [2.24, 2.45) is 0 Å². The molecule has 1 N–H and O–H groups in total. The average molecular weight is 355 g/mol. The van der Waals surface area contributed by atoms with Crippen LogP contribution in [0.4, 0.5) is 14.5 Å². The fourth-order valence-corrected chi connectivity index (χ4v) is 3.00. The van der Waals surface area contributed by atoms with Crippen molar-refractivity contribution in [2.45, 2.75) is 25.2 Å². The second-order valence-corrected chi connectivity index (χ2v) is 6.24. The Morgan fingerprint density at radius 2 is 2.04 bits per heavy atom. The Bertz CT molecular complexity index is 696. The Hall–Kier alpha value is -2.42. The summed E-state index contributed by atoms with van der Waals surface area (Å²) in [5, 5.41) is 2.63. The van der Waals surface area contributed by atoms with Crippen molar-refractivity contribution in [2.75, 3.05) is 32.5 Å². The third kappa shape index (κ3) is 3.81. The molecule has 2 aliphatic rings. The number of alkyl halides is 2. The van der Waals surface area contributed by atoms with Crippen molar-refractivity contribution in [3.05, 3.63) is 18.2 Å². The summed E-state index contributed by atoms with van der Waals surface area (Å²) in [6.07, 6.45) is -2.14. The lowest BCUT2D eigenvalue weighted by atomic mass is 10.2. The molecule has 0 unspecified atom stereocenters. The van der Waals surface area contributed by atoms with Crippen LogP contribution in [0.2, 0.25) is 0 Å². The van der Waals surface area contributed by atoms with Crippen LogP contribution in [0.1, 0.15) is 12.8 Å². The summed E-state index contributed by atoms with van der Waals surface area (Å²) in [4.78, 5) is 27.7. The van der Waals surface area contributed by atoms with E-state index < -0.39 is 6.29 Å². The van der Waals surface area contributed by atoms with E-state index in [9.17, 15) is 18.4 Å². The number of halogens is 2. The average Bonchev–Trinajstić information content (AvgIpc) is 3.08. The number of benzene rings is 1. The molecule has 3 rings (SSSR count). The van der Waals surface area contributed by atoms with Crippen LogP contribution in [-0.2, 0) is 9.59 Å². The first-order chi connectivity index (χ1) is 11.7. The van der Waals surface area contributed by atoms with Crippen LogP contribution in [-0.4, -0.2) is 61.1 Å². The number of likely N-dealkylation sites (N-methyl/N-ethyl adjacent to an activating group) is 1. The number of nitrogens with one attached hydrogen (secondary N) is 1. The van der Waals surface area contributed by atoms with Gasteiger partial charge in [-0.3, -0.25) is 14.5 Å². The van der Waals surface area contributed by atoms with Gasteiger partial charge in [0.2, 0.25) is 11.8 Å². The molecular formula is C16H19F2N3O4. The zero-order chi connectivity index (χ0) is 18.2. The second kappa shape index (κ2) is 6.47. The number of carbonyl (C=O) groups excluding carboxylic acids is 2. The normalized spacial score (nSPS) is 21.2. The number of carbonyl (C=O) groups is 2. The van der Waals surface area contributed by atoms with Gasteiger partial charge in [0.15, 0.2) is 11.5 Å². The van der Waals surface area contributed by atoms with Gasteiger partial charge in [0, 0.05) is 25.8 Å². The van der Waals surface area contributed by atoms with Crippen LogP contribution in [0.25, 0.3) is 0 Å². The van der Waals surface area contributed by atoms with Gasteiger partial charge >= 0.3 is 6.29 Å². The number of likely N-dealkylation sites (tertiary alicyclic amines) is 1. The minimum absolute atomic E-state index is 0.0318. The number of nitrogens with zero attached hydrogens (tertiary/aromatic N) is 2. The lowest BCUT2D eigenvalue weighted by Crippen LogP contribution is -2.45. The molecule has 1 fully saturated rings. The lowest BCUT2D eigenvalue weighted by Gasteiger charge is -2.25. The second-order valence-electron chi connectivity index (χ2n) is 6.24. The summed E-state index contributed by atoms with van der Waals surface area (Å²) < 4.78 is 34.7. The Morgan fingerprint density at radius 3 is 2.76 bits per heavy atom. The predicted octanol–water partition coefficient (Wildman–Crippen LogP) is 1.50. The maximum absolute atomic E-state index is 13.0. The van der Waals surface area contributed by atoms with E-state index in [4.69, 9.17) is 0 Å². The highest BCUT2D eigenvalue weighted by atomic mass is 19.3. The van der Waals surface area contributed by atoms with Crippen molar-refractivity contribution in [3.63, 3.8) is 0 Å². The molecule has 0 aliphatic carbocycles. The summed E-state index contributed by atoms with van der Waals surface area (Å²) in [5.41, 5.74) is 0.319. The predicted molar refractivity (Wildman–Crippen MR) is 84.6 cm³/mol. The maximum Gasteiger partial charge on any atom is 0.586 e. The summed E-state index contributed by atoms with van der Waals surface area (Å²) >= 11 is 0. The van der Waals surface area contributed by atoms with E-state index in [0.717, 1.165) is 6.42 Å². The van der Waals surface area contributed by atoms with Crippen LogP contribution in [0.15, 0.2) is 18.2 Å². The molecule has 1 aromatic carbocycles. The standard InChI is InChI=1S/C16H19F2N3O4/c1-20(2)15(23)11-4-3-7-21(11)9-14(22)19-10-5-6-12-13(8-10)25-16(17,18)24-12/h5-6,8,11H,3-4,7,9H2,1-2H3,(H,19,22)/t11-/m1/s1. The number of rotatable bonds is 4. The summed E-state index contributed by atoms with van der Waals surface area (Å²) in [5.74, 6) is -0.580. The van der Waals surface area contributed by atoms with Crippen LogP contribution in [0, 0.1) is 0 Å². The van der Waals surface area contributed by atoms with E-state index in [0.29, 0.717) is 18.7 Å². The minimum atomic E-state index is -3.69. The molecule has 1 saturated heterocycles. The van der Waals surface area contributed by atoms with Crippen LogP contribution in [0.5, 0.6) is 11.5 Å². The van der Waals surface area contributed by atoms with Gasteiger partial charge in [-0.2, -0.15) is 0 Å². The van der Waals surface area contributed by atoms with Gasteiger partial charge in [-0.15, -0.1) is 8.78 Å². The molecule has 9 heteroatoms. The van der Waals surface area contributed by atoms with E-state index in [2.05, 4.69) is 14.8 Å². The third-order valence-corrected chi connectivity index (χ3v) is 4.12. The molecule has 2 heterocycles. The van der Waals surface area contributed by atoms with Gasteiger partial charge in [-0.1, -0.05) is 0 Å². The van der Waals surface area contributed by atoms with Gasteiger partial charge in [0.25, 0.3) is 0 Å². The molecule has 1 atom stereocenters. The highest BCUT2D eigenvalue weighted by Gasteiger charge is 2.43. The topological polar surface area (TPSA) is 71.1 Å². The number of hydrogen-bond donors (Lipinski definition) is 1. The number of ether oxygens (including phenoxy) is 2. The zero-order valence-electron chi connectivity index (χ0n) is 13.9. The van der Waals surface area contributed by atoms with Crippen LogP contribution < -0.4 is 14.8 Å². The first-order valence-corrected chi connectivity index (χ1v) is 7.90. The summed E-state index contributed by atoms with van der Waals surface area (Å²) in [6.45, 7) is 0.708. The maximum atomic E-state index is 13.0. The van der Waals surface area contributed by atoms with Gasteiger partial charge in [0.1, 0.15) is 0 Å². The molecule has 0 spiro atoms. The van der Waals surface area contributed by atoms with E-state index in [1.54, 1.807) is 14.1 Å². The fraction of sp³-hybridized carbons (Fsp3) is 0.500. The highest BCUT2D eigenvalue weighted by Crippen LogP contribution is 2.42. The minimum Gasteiger partial charge on any atom is -0.395 e. The Morgan fingerprint density at radius 1 is 1.32 bits per heavy atom. The molecule has 0 bridgehead atoms. The van der Waals surface area contributed by atoms with Gasteiger partial charge in [0.05, 0.1) is 12.6 Å². The van der Waals surface area contributed by atoms with Gasteiger partial charge in [-0.05, 0) is 31.5 Å². The van der Waals surface area contributed by atoms with Crippen molar-refractivity contribution in [1.82, 2.24) is 9.80 Å². The number of fused-ring (bicyclic) bond motifs is 1. The van der Waals surface area contributed by atoms with E-state index in [1.165, 1.54) is 23.1 Å². The molecule has 7 nitrogen and oxygen atoms in total. The van der Waals surface area contributed by atoms with Crippen molar-refractivity contribution in [1.29, 1.82) is 0 Å². The molecule has 0 aromatic heterocycles. The number of hydrogen-bond acceptors (Lipinski definition) is 5. The monoisotopic (exact) mass is 355 g/mol. The molecule has 0 radical (unpaired) electrons. The van der Waals surface area contributed by atoms with Gasteiger partial charge < -0.3 is 19.7 Å². The molecule has 0 saturated carbocycles. The molecule has 136 valence electrons. The van der Waals surface area contributed by atoms with E-state index in [-0.39, 0.29) is 35.9 Å². The van der Waals surface area contributed by atoms with Crippen molar-refractivity contribution < 1.29 is 27.8 Å². The first-order valence-electron chi connectivity index (χ1n) is 7.90. The summed E-state index contributed by atoms with van der Waals surface area (Å²) in [7, 11) is 3.36. The quantitative estimate of drug-likeness (QED) is 0.886. The Kier molecular flexibility index (Phi) is 4.51. The lowest BCUT2D eigenvalue weighted by molar-refractivity contribution is -0.286. The molecule has 2 aliphatic heterocycles. The third-order valence-electron chi connectivity index (χ3n) is 4.12. The SMILES string of the molecule is CN(C)C(=O)[C@H]1CCCN1CC(=O)Nc1ccc2c(c1)OC(F)(F)O2. The number of amides is 2. The fourth-order valence-electron chi connectivity index (χ4n) is 3.00.